The molecule has 0 aromatic carbocycles. The van der Waals surface area contributed by atoms with Gasteiger partial charge in [0.1, 0.15) is 0 Å². The van der Waals surface area contributed by atoms with Crippen LogP contribution < -0.4 is 5.73 Å². The number of phosphoric acid groups is 1. The molecule has 0 bridgehead atoms. The molecule has 0 heterocycles. The van der Waals surface area contributed by atoms with E-state index in [0.717, 1.165) is 7.11 Å². The van der Waals surface area contributed by atoms with Crippen LogP contribution in [0.25, 0.3) is 0 Å². The third kappa shape index (κ3) is 9.99. The van der Waals surface area contributed by atoms with Crippen LogP contribution in [-0.4, -0.2) is 22.9 Å². The molecule has 0 aromatic heterocycles. The normalized spacial score (nSPS) is 19.1. The average Bonchev–Trinajstić information content (AvgIpc) is 2.06. The second-order valence-corrected chi connectivity index (χ2v) is 4.42. The van der Waals surface area contributed by atoms with Gasteiger partial charge < -0.3 is 15.5 Å². The molecule has 0 aliphatic heterocycles. The summed E-state index contributed by atoms with van der Waals surface area (Å²) in [6.07, 6.45) is 6.66. The van der Waals surface area contributed by atoms with Crippen LogP contribution in [0.3, 0.4) is 0 Å². The summed E-state index contributed by atoms with van der Waals surface area (Å²) < 4.78 is 13.1. The average molecular weight is 211 g/mol. The standard InChI is InChI=1S/C6H13N.CH5O4P/c7-6-4-2-1-3-5-6;1-5-6(2,3)4/h6H,1-5,7H2;1H3,(H2,2,3,4). The highest BCUT2D eigenvalue weighted by Gasteiger charge is 2.07. The van der Waals surface area contributed by atoms with E-state index in [-0.39, 0.29) is 0 Å². The molecule has 0 unspecified atom stereocenters. The minimum absolute atomic E-state index is 0.536. The van der Waals surface area contributed by atoms with E-state index in [1.807, 2.05) is 0 Å². The number of hydrogen-bond acceptors (Lipinski definition) is 3. The van der Waals surface area contributed by atoms with E-state index in [9.17, 15) is 4.57 Å². The maximum Gasteiger partial charge on any atom is 0.469 e. The summed E-state index contributed by atoms with van der Waals surface area (Å²) in [5.41, 5.74) is 5.63. The maximum atomic E-state index is 9.47. The summed E-state index contributed by atoms with van der Waals surface area (Å²) in [7, 11) is -3.20. The number of rotatable bonds is 1. The maximum absolute atomic E-state index is 9.47. The molecule has 13 heavy (non-hydrogen) atoms. The molecule has 1 saturated carbocycles. The second kappa shape index (κ2) is 6.51. The van der Waals surface area contributed by atoms with Crippen LogP contribution >= 0.6 is 7.82 Å². The number of phosphoric ester groups is 1. The fourth-order valence-corrected chi connectivity index (χ4v) is 1.13. The van der Waals surface area contributed by atoms with Gasteiger partial charge in [0.2, 0.25) is 0 Å². The molecule has 0 amide bonds. The van der Waals surface area contributed by atoms with Crippen molar-refractivity contribution in [1.82, 2.24) is 0 Å². The van der Waals surface area contributed by atoms with E-state index in [1.54, 1.807) is 0 Å². The highest BCUT2D eigenvalue weighted by molar-refractivity contribution is 7.46. The Morgan fingerprint density at radius 1 is 1.31 bits per heavy atom. The van der Waals surface area contributed by atoms with Crippen molar-refractivity contribution in [2.75, 3.05) is 7.11 Å². The quantitative estimate of drug-likeness (QED) is 0.563. The molecule has 1 fully saturated rings. The molecule has 80 valence electrons. The van der Waals surface area contributed by atoms with Crippen molar-refractivity contribution >= 4 is 7.82 Å². The molecule has 6 heteroatoms. The predicted octanol–water partition coefficient (Wildman–Crippen LogP) is 1.00. The van der Waals surface area contributed by atoms with Crippen LogP contribution in [0, 0.1) is 0 Å². The van der Waals surface area contributed by atoms with Gasteiger partial charge in [-0.2, -0.15) is 0 Å². The SMILES string of the molecule is COP(=O)(O)O.NC1CCCCC1. The largest absolute Gasteiger partial charge is 0.469 e. The van der Waals surface area contributed by atoms with Gasteiger partial charge >= 0.3 is 7.82 Å². The van der Waals surface area contributed by atoms with Crippen LogP contribution in [0.5, 0.6) is 0 Å². The van der Waals surface area contributed by atoms with Gasteiger partial charge in [0.05, 0.1) is 0 Å². The zero-order valence-corrected chi connectivity index (χ0v) is 8.74. The monoisotopic (exact) mass is 211 g/mol. The third-order valence-corrected chi connectivity index (χ3v) is 2.36. The summed E-state index contributed by atoms with van der Waals surface area (Å²) in [6.45, 7) is 0. The molecule has 0 radical (unpaired) electrons. The Bertz CT molecular complexity index is 164. The molecule has 1 aliphatic rings. The molecule has 0 aromatic rings. The third-order valence-electron chi connectivity index (χ3n) is 1.89. The zero-order chi connectivity index (χ0) is 10.3. The summed E-state index contributed by atoms with van der Waals surface area (Å²) in [6, 6.07) is 0.536. The highest BCUT2D eigenvalue weighted by atomic mass is 31.2. The van der Waals surface area contributed by atoms with Gasteiger partial charge in [0, 0.05) is 13.2 Å². The number of hydrogen-bond donors (Lipinski definition) is 3. The van der Waals surface area contributed by atoms with Gasteiger partial charge in [-0.15, -0.1) is 0 Å². The first-order valence-corrected chi connectivity index (χ1v) is 5.85. The number of nitrogens with two attached hydrogens (primary N) is 1. The first-order valence-electron chi connectivity index (χ1n) is 4.32. The summed E-state index contributed by atoms with van der Waals surface area (Å²) >= 11 is 0. The van der Waals surface area contributed by atoms with Crippen molar-refractivity contribution in [3.63, 3.8) is 0 Å². The van der Waals surface area contributed by atoms with Gasteiger partial charge in [-0.1, -0.05) is 19.3 Å². The molecule has 1 rings (SSSR count). The van der Waals surface area contributed by atoms with E-state index >= 15 is 0 Å². The molecular formula is C7H18NO4P. The van der Waals surface area contributed by atoms with Crippen molar-refractivity contribution in [2.24, 2.45) is 5.73 Å². The van der Waals surface area contributed by atoms with Crippen LogP contribution in [0.4, 0.5) is 0 Å². The minimum Gasteiger partial charge on any atom is -0.328 e. The molecule has 5 nitrogen and oxygen atoms in total. The van der Waals surface area contributed by atoms with Gasteiger partial charge in [0.15, 0.2) is 0 Å². The lowest BCUT2D eigenvalue weighted by atomic mass is 9.97. The van der Waals surface area contributed by atoms with E-state index in [0.29, 0.717) is 6.04 Å². The van der Waals surface area contributed by atoms with Crippen molar-refractivity contribution in [3.05, 3.63) is 0 Å². The van der Waals surface area contributed by atoms with Crippen LogP contribution in [0.15, 0.2) is 0 Å². The van der Waals surface area contributed by atoms with Crippen molar-refractivity contribution in [1.29, 1.82) is 0 Å². The lowest BCUT2D eigenvalue weighted by Crippen LogP contribution is -2.22. The molecule has 0 saturated heterocycles. The Kier molecular flexibility index (Phi) is 6.55. The summed E-state index contributed by atoms with van der Waals surface area (Å²) in [4.78, 5) is 15.4. The van der Waals surface area contributed by atoms with E-state index in [4.69, 9.17) is 15.5 Å². The Labute approximate surface area is 78.5 Å². The predicted molar refractivity (Wildman–Crippen MR) is 50.1 cm³/mol. The Hall–Kier alpha value is 0.0700. The van der Waals surface area contributed by atoms with Gasteiger partial charge in [0.25, 0.3) is 0 Å². The topological polar surface area (TPSA) is 92.8 Å². The van der Waals surface area contributed by atoms with Crippen LogP contribution in [0.2, 0.25) is 0 Å². The lowest BCUT2D eigenvalue weighted by Gasteiger charge is -2.15. The fraction of sp³-hybridized carbons (Fsp3) is 1.00. The second-order valence-electron chi connectivity index (χ2n) is 3.07. The van der Waals surface area contributed by atoms with Gasteiger partial charge in [-0.3, -0.25) is 4.52 Å². The molecule has 0 atom stereocenters. The smallest absolute Gasteiger partial charge is 0.328 e. The molecular weight excluding hydrogens is 193 g/mol. The van der Waals surface area contributed by atoms with Crippen molar-refractivity contribution in [2.45, 2.75) is 38.1 Å². The minimum atomic E-state index is -4.15. The lowest BCUT2D eigenvalue weighted by molar-refractivity contribution is 0.235. The van der Waals surface area contributed by atoms with Crippen molar-refractivity contribution in [3.8, 4) is 0 Å². The van der Waals surface area contributed by atoms with Crippen LogP contribution in [-0.2, 0) is 9.09 Å². The van der Waals surface area contributed by atoms with Crippen LogP contribution in [0.1, 0.15) is 32.1 Å². The summed E-state index contributed by atoms with van der Waals surface area (Å²) in [5.74, 6) is 0. The van der Waals surface area contributed by atoms with Gasteiger partial charge in [-0.05, 0) is 12.8 Å². The van der Waals surface area contributed by atoms with Gasteiger partial charge in [-0.25, -0.2) is 4.57 Å². The molecule has 0 spiro atoms. The molecule has 4 N–H and O–H groups in total. The van der Waals surface area contributed by atoms with Crippen molar-refractivity contribution < 1.29 is 18.9 Å². The Morgan fingerprint density at radius 3 is 1.85 bits per heavy atom. The van der Waals surface area contributed by atoms with E-state index < -0.39 is 7.82 Å². The highest BCUT2D eigenvalue weighted by Crippen LogP contribution is 2.33. The Morgan fingerprint density at radius 2 is 1.69 bits per heavy atom. The first kappa shape index (κ1) is 13.1. The first-order chi connectivity index (χ1) is 5.95. The van der Waals surface area contributed by atoms with E-state index in [1.165, 1.54) is 32.1 Å². The fourth-order valence-electron chi connectivity index (χ4n) is 1.13. The zero-order valence-electron chi connectivity index (χ0n) is 7.85. The molecule has 1 aliphatic carbocycles. The Balaban J connectivity index is 0.000000226. The summed E-state index contributed by atoms with van der Waals surface area (Å²) in [5, 5.41) is 0. The van der Waals surface area contributed by atoms with E-state index in [2.05, 4.69) is 4.52 Å².